The summed E-state index contributed by atoms with van der Waals surface area (Å²) in [4.78, 5) is 11.2. The fraction of sp³-hybridized carbons (Fsp3) is 0.300. The summed E-state index contributed by atoms with van der Waals surface area (Å²) < 4.78 is 0. The summed E-state index contributed by atoms with van der Waals surface area (Å²) in [5.41, 5.74) is 0. The number of rotatable bonds is 4. The average molecular weight is 182 g/mol. The van der Waals surface area contributed by atoms with E-state index >= 15 is 0 Å². The van der Waals surface area contributed by atoms with Crippen molar-refractivity contribution in [2.75, 3.05) is 5.75 Å². The second kappa shape index (κ2) is 6.92. The topological polar surface area (TPSA) is 17.1 Å². The van der Waals surface area contributed by atoms with E-state index in [0.29, 0.717) is 6.42 Å². The van der Waals surface area contributed by atoms with Crippen LogP contribution in [0.4, 0.5) is 0 Å². The lowest BCUT2D eigenvalue weighted by Gasteiger charge is -1.95. The van der Waals surface area contributed by atoms with Gasteiger partial charge in [-0.05, 0) is 12.1 Å². The van der Waals surface area contributed by atoms with E-state index in [1.807, 2.05) is 18.2 Å². The zero-order valence-electron chi connectivity index (χ0n) is 6.19. The van der Waals surface area contributed by atoms with Crippen LogP contribution in [0.3, 0.4) is 0 Å². The van der Waals surface area contributed by atoms with Crippen molar-refractivity contribution in [1.82, 2.24) is 0 Å². The van der Waals surface area contributed by atoms with E-state index in [9.17, 15) is 4.79 Å². The van der Waals surface area contributed by atoms with Crippen molar-refractivity contribution in [3.8, 4) is 0 Å². The standard InChI is InChI=1S/C9H10OS.CH4/c10-7-4-8-11-9-5-2-1-3-6-9;/h1-3,5-7H,4,8H2;1H4. The number of carbonyl (C=O) groups is 1. The highest BCUT2D eigenvalue weighted by Gasteiger charge is 1.89. The zero-order chi connectivity index (χ0) is 7.94. The van der Waals surface area contributed by atoms with Crippen molar-refractivity contribution in [2.24, 2.45) is 0 Å². The molecule has 0 radical (unpaired) electrons. The first-order valence-corrected chi connectivity index (χ1v) is 4.53. The van der Waals surface area contributed by atoms with Gasteiger partial charge in [-0.2, -0.15) is 0 Å². The Balaban J connectivity index is 0.00000121. The van der Waals surface area contributed by atoms with E-state index in [4.69, 9.17) is 0 Å². The molecule has 1 nitrogen and oxygen atoms in total. The lowest BCUT2D eigenvalue weighted by atomic mass is 10.4. The lowest BCUT2D eigenvalue weighted by Crippen LogP contribution is -1.79. The second-order valence-corrected chi connectivity index (χ2v) is 3.29. The quantitative estimate of drug-likeness (QED) is 0.404. The van der Waals surface area contributed by atoms with E-state index in [1.165, 1.54) is 4.90 Å². The molecule has 0 aliphatic rings. The predicted molar refractivity (Wildman–Crippen MR) is 54.6 cm³/mol. The van der Waals surface area contributed by atoms with Gasteiger partial charge in [-0.1, -0.05) is 25.6 Å². The molecule has 66 valence electrons. The highest BCUT2D eigenvalue weighted by molar-refractivity contribution is 7.99. The van der Waals surface area contributed by atoms with Gasteiger partial charge in [-0.3, -0.25) is 0 Å². The Morgan fingerprint density at radius 3 is 2.50 bits per heavy atom. The Morgan fingerprint density at radius 2 is 1.92 bits per heavy atom. The molecule has 1 rings (SSSR count). The van der Waals surface area contributed by atoms with Gasteiger partial charge in [0.15, 0.2) is 0 Å². The van der Waals surface area contributed by atoms with Crippen LogP contribution in [0.5, 0.6) is 0 Å². The molecule has 2 heteroatoms. The van der Waals surface area contributed by atoms with Gasteiger partial charge in [-0.15, -0.1) is 11.8 Å². The van der Waals surface area contributed by atoms with E-state index in [1.54, 1.807) is 11.8 Å². The van der Waals surface area contributed by atoms with Gasteiger partial charge in [0.1, 0.15) is 6.29 Å². The van der Waals surface area contributed by atoms with Crippen LogP contribution in [0, 0.1) is 0 Å². The van der Waals surface area contributed by atoms with Crippen molar-refractivity contribution < 1.29 is 4.79 Å². The largest absolute Gasteiger partial charge is 0.303 e. The van der Waals surface area contributed by atoms with Crippen LogP contribution < -0.4 is 0 Å². The Kier molecular flexibility index (Phi) is 6.48. The highest BCUT2D eigenvalue weighted by atomic mass is 32.2. The molecular weight excluding hydrogens is 168 g/mol. The van der Waals surface area contributed by atoms with Crippen LogP contribution in [0.25, 0.3) is 0 Å². The summed E-state index contributed by atoms with van der Waals surface area (Å²) in [6.07, 6.45) is 1.59. The summed E-state index contributed by atoms with van der Waals surface area (Å²) in [7, 11) is 0. The molecule has 0 aliphatic heterocycles. The Labute approximate surface area is 78.2 Å². The van der Waals surface area contributed by atoms with Crippen LogP contribution in [0.15, 0.2) is 35.2 Å². The van der Waals surface area contributed by atoms with E-state index in [2.05, 4.69) is 12.1 Å². The zero-order valence-corrected chi connectivity index (χ0v) is 7.01. The van der Waals surface area contributed by atoms with Crippen molar-refractivity contribution in [3.05, 3.63) is 30.3 Å². The Bertz CT molecular complexity index is 208. The third-order valence-electron chi connectivity index (χ3n) is 1.25. The molecule has 0 saturated carbocycles. The van der Waals surface area contributed by atoms with Crippen LogP contribution in [-0.4, -0.2) is 12.0 Å². The Hall–Kier alpha value is -0.760. The monoisotopic (exact) mass is 182 g/mol. The molecule has 1 aromatic carbocycles. The molecule has 0 unspecified atom stereocenters. The number of benzene rings is 1. The fourth-order valence-corrected chi connectivity index (χ4v) is 1.54. The molecule has 0 fully saturated rings. The number of thioether (sulfide) groups is 1. The molecule has 0 aromatic heterocycles. The van der Waals surface area contributed by atoms with Gasteiger partial charge in [0, 0.05) is 17.1 Å². The van der Waals surface area contributed by atoms with E-state index < -0.39 is 0 Å². The van der Waals surface area contributed by atoms with Gasteiger partial charge < -0.3 is 4.79 Å². The molecule has 0 saturated heterocycles. The first kappa shape index (κ1) is 11.2. The number of hydrogen-bond acceptors (Lipinski definition) is 2. The Morgan fingerprint density at radius 1 is 1.25 bits per heavy atom. The number of aldehydes is 1. The number of hydrogen-bond donors (Lipinski definition) is 0. The van der Waals surface area contributed by atoms with Crippen molar-refractivity contribution in [2.45, 2.75) is 18.7 Å². The maximum Gasteiger partial charge on any atom is 0.120 e. The maximum absolute atomic E-state index is 9.98. The van der Waals surface area contributed by atoms with Gasteiger partial charge in [0.2, 0.25) is 0 Å². The average Bonchev–Trinajstić information content (AvgIpc) is 2.07. The summed E-state index contributed by atoms with van der Waals surface area (Å²) in [6.45, 7) is 0. The normalized spacial score (nSPS) is 8.67. The minimum Gasteiger partial charge on any atom is -0.303 e. The first-order valence-electron chi connectivity index (χ1n) is 3.55. The van der Waals surface area contributed by atoms with Gasteiger partial charge in [0.25, 0.3) is 0 Å². The molecule has 0 spiro atoms. The van der Waals surface area contributed by atoms with E-state index in [-0.39, 0.29) is 7.43 Å². The minimum atomic E-state index is 0. The molecular formula is C10H14OS. The minimum absolute atomic E-state index is 0. The van der Waals surface area contributed by atoms with Crippen molar-refractivity contribution in [1.29, 1.82) is 0 Å². The van der Waals surface area contributed by atoms with Gasteiger partial charge in [-0.25, -0.2) is 0 Å². The van der Waals surface area contributed by atoms with Crippen LogP contribution >= 0.6 is 11.8 Å². The molecule has 0 N–H and O–H groups in total. The molecule has 0 heterocycles. The third-order valence-corrected chi connectivity index (χ3v) is 2.29. The molecule has 0 atom stereocenters. The van der Waals surface area contributed by atoms with Crippen LogP contribution in [0.1, 0.15) is 13.8 Å². The van der Waals surface area contributed by atoms with E-state index in [0.717, 1.165) is 12.0 Å². The molecule has 0 bridgehead atoms. The van der Waals surface area contributed by atoms with Crippen LogP contribution in [-0.2, 0) is 4.79 Å². The van der Waals surface area contributed by atoms with Crippen LogP contribution in [0.2, 0.25) is 0 Å². The molecule has 12 heavy (non-hydrogen) atoms. The molecule has 0 amide bonds. The second-order valence-electron chi connectivity index (χ2n) is 2.12. The summed E-state index contributed by atoms with van der Waals surface area (Å²) >= 11 is 1.71. The SMILES string of the molecule is C.O=CCCSc1ccccc1. The van der Waals surface area contributed by atoms with Crippen molar-refractivity contribution >= 4 is 18.0 Å². The fourth-order valence-electron chi connectivity index (χ4n) is 0.742. The number of carbonyl (C=O) groups excluding carboxylic acids is 1. The third kappa shape index (κ3) is 4.19. The van der Waals surface area contributed by atoms with Gasteiger partial charge in [0.05, 0.1) is 0 Å². The molecule has 0 aliphatic carbocycles. The predicted octanol–water partition coefficient (Wildman–Crippen LogP) is 3.00. The lowest BCUT2D eigenvalue weighted by molar-refractivity contribution is -0.107. The van der Waals surface area contributed by atoms with Crippen molar-refractivity contribution in [3.63, 3.8) is 0 Å². The van der Waals surface area contributed by atoms with Gasteiger partial charge >= 0.3 is 0 Å². The summed E-state index contributed by atoms with van der Waals surface area (Å²) in [5.74, 6) is 0.882. The smallest absolute Gasteiger partial charge is 0.120 e. The summed E-state index contributed by atoms with van der Waals surface area (Å²) in [6, 6.07) is 10.1. The maximum atomic E-state index is 9.98. The highest BCUT2D eigenvalue weighted by Crippen LogP contribution is 2.16. The summed E-state index contributed by atoms with van der Waals surface area (Å²) in [5, 5.41) is 0. The molecule has 1 aromatic rings. The first-order chi connectivity index (χ1) is 5.43.